The van der Waals surface area contributed by atoms with Crippen LogP contribution in [0.15, 0.2) is 17.0 Å². The smallest absolute Gasteiger partial charge is 0.321 e. The van der Waals surface area contributed by atoms with Crippen molar-refractivity contribution < 1.29 is 22.7 Å². The van der Waals surface area contributed by atoms with Crippen LogP contribution < -0.4 is 4.72 Å². The van der Waals surface area contributed by atoms with E-state index in [1.54, 1.807) is 6.26 Å². The van der Waals surface area contributed by atoms with Crippen molar-refractivity contribution in [3.8, 4) is 0 Å². The van der Waals surface area contributed by atoms with Gasteiger partial charge in [0.25, 0.3) is 0 Å². The van der Waals surface area contributed by atoms with Crippen LogP contribution in [0, 0.1) is 5.82 Å². The molecule has 5 nitrogen and oxygen atoms in total. The molecule has 0 aromatic heterocycles. The summed E-state index contributed by atoms with van der Waals surface area (Å²) in [7, 11) is -4.28. The van der Waals surface area contributed by atoms with E-state index in [-0.39, 0.29) is 11.4 Å². The molecule has 21 heavy (non-hydrogen) atoms. The molecule has 1 aromatic rings. The largest absolute Gasteiger partial charge is 0.480 e. The van der Waals surface area contributed by atoms with E-state index in [0.29, 0.717) is 5.75 Å². The van der Waals surface area contributed by atoms with Gasteiger partial charge in [0.05, 0.1) is 10.0 Å². The maximum absolute atomic E-state index is 13.5. The van der Waals surface area contributed by atoms with Crippen LogP contribution in [0.25, 0.3) is 0 Å². The average Bonchev–Trinajstić information content (AvgIpc) is 2.40. The topological polar surface area (TPSA) is 83.5 Å². The molecule has 0 amide bonds. The molecule has 1 rings (SSSR count). The van der Waals surface area contributed by atoms with Gasteiger partial charge in [0.15, 0.2) is 5.82 Å². The third-order valence-corrected chi connectivity index (χ3v) is 5.43. The van der Waals surface area contributed by atoms with Crippen molar-refractivity contribution in [3.05, 3.63) is 28.0 Å². The van der Waals surface area contributed by atoms with Crippen LogP contribution in [0.3, 0.4) is 0 Å². The lowest BCUT2D eigenvalue weighted by molar-refractivity contribution is -0.139. The lowest BCUT2D eigenvalue weighted by atomic mass is 10.2. The van der Waals surface area contributed by atoms with Crippen LogP contribution in [0.2, 0.25) is 10.0 Å². The standard InChI is InChI=1S/C11H12Cl2FNO4S2/c1-20-5-4-7(11(16)17)15-21(18,19)8-3-2-6(12)10(14)9(8)13/h2-3,7,15H,4-5H2,1H3,(H,16,17)/t7-/m1/s1. The van der Waals surface area contributed by atoms with Crippen LogP contribution in [0.1, 0.15) is 6.42 Å². The second-order valence-electron chi connectivity index (χ2n) is 3.97. The highest BCUT2D eigenvalue weighted by Gasteiger charge is 2.28. The zero-order valence-corrected chi connectivity index (χ0v) is 13.9. The zero-order valence-electron chi connectivity index (χ0n) is 10.8. The Kier molecular flexibility index (Phi) is 6.73. The Balaban J connectivity index is 3.11. The Morgan fingerprint density at radius 3 is 2.62 bits per heavy atom. The summed E-state index contributed by atoms with van der Waals surface area (Å²) in [6.45, 7) is 0. The number of thioether (sulfide) groups is 1. The summed E-state index contributed by atoms with van der Waals surface area (Å²) in [5, 5.41) is 8.01. The van der Waals surface area contributed by atoms with Crippen molar-refractivity contribution in [2.45, 2.75) is 17.4 Å². The van der Waals surface area contributed by atoms with Gasteiger partial charge in [-0.1, -0.05) is 23.2 Å². The fraction of sp³-hybridized carbons (Fsp3) is 0.364. The first kappa shape index (κ1) is 18.5. The van der Waals surface area contributed by atoms with Crippen molar-refractivity contribution in [2.75, 3.05) is 12.0 Å². The van der Waals surface area contributed by atoms with E-state index in [9.17, 15) is 17.6 Å². The third kappa shape index (κ3) is 4.72. The number of benzene rings is 1. The fourth-order valence-corrected chi connectivity index (χ4v) is 3.87. The molecular weight excluding hydrogens is 364 g/mol. The molecule has 0 fully saturated rings. The molecule has 0 saturated heterocycles. The Bertz CT molecular complexity index is 639. The monoisotopic (exact) mass is 375 g/mol. The Labute approximate surface area is 135 Å². The summed E-state index contributed by atoms with van der Waals surface area (Å²) in [5.74, 6) is -1.95. The maximum Gasteiger partial charge on any atom is 0.321 e. The molecule has 0 saturated carbocycles. The van der Waals surface area contributed by atoms with Gasteiger partial charge in [-0.25, -0.2) is 12.8 Å². The molecule has 1 atom stereocenters. The van der Waals surface area contributed by atoms with Crippen molar-refractivity contribution in [1.82, 2.24) is 4.72 Å². The van der Waals surface area contributed by atoms with Gasteiger partial charge >= 0.3 is 5.97 Å². The minimum Gasteiger partial charge on any atom is -0.480 e. The van der Waals surface area contributed by atoms with Crippen LogP contribution in [-0.4, -0.2) is 37.5 Å². The normalized spacial score (nSPS) is 13.1. The number of carboxylic acid groups (broad SMARTS) is 1. The highest BCUT2D eigenvalue weighted by atomic mass is 35.5. The number of rotatable bonds is 7. The average molecular weight is 376 g/mol. The van der Waals surface area contributed by atoms with E-state index in [2.05, 4.69) is 0 Å². The highest BCUT2D eigenvalue weighted by Crippen LogP contribution is 2.29. The Hall–Kier alpha value is -0.540. The molecule has 0 heterocycles. The van der Waals surface area contributed by atoms with E-state index in [4.69, 9.17) is 28.3 Å². The second kappa shape index (κ2) is 7.64. The molecule has 2 N–H and O–H groups in total. The Morgan fingerprint density at radius 1 is 1.48 bits per heavy atom. The molecule has 0 aliphatic heterocycles. The number of hydrogen-bond donors (Lipinski definition) is 2. The SMILES string of the molecule is CSCC[C@@H](NS(=O)(=O)c1ccc(Cl)c(F)c1Cl)C(=O)O. The van der Waals surface area contributed by atoms with Crippen molar-refractivity contribution in [3.63, 3.8) is 0 Å². The van der Waals surface area contributed by atoms with Crippen LogP contribution in [0.4, 0.5) is 4.39 Å². The molecule has 0 unspecified atom stereocenters. The summed E-state index contributed by atoms with van der Waals surface area (Å²) in [5.41, 5.74) is 0. The van der Waals surface area contributed by atoms with Crippen molar-refractivity contribution in [2.24, 2.45) is 0 Å². The molecule has 1 aromatic carbocycles. The van der Waals surface area contributed by atoms with Gasteiger partial charge in [-0.3, -0.25) is 4.79 Å². The molecule has 118 valence electrons. The number of halogens is 3. The molecule has 0 spiro atoms. The predicted molar refractivity (Wildman–Crippen MR) is 81.2 cm³/mol. The van der Waals surface area contributed by atoms with E-state index in [1.807, 2.05) is 4.72 Å². The first-order valence-corrected chi connectivity index (χ1v) is 9.21. The number of aliphatic carboxylic acids is 1. The predicted octanol–water partition coefficient (Wildman–Crippen LogP) is 2.62. The van der Waals surface area contributed by atoms with Crippen molar-refractivity contribution >= 4 is 51.0 Å². The Morgan fingerprint density at radius 2 is 2.10 bits per heavy atom. The van der Waals surface area contributed by atoms with Gasteiger partial charge in [0.2, 0.25) is 10.0 Å². The summed E-state index contributed by atoms with van der Waals surface area (Å²) in [4.78, 5) is 10.5. The number of carbonyl (C=O) groups is 1. The van der Waals surface area contributed by atoms with E-state index in [0.717, 1.165) is 12.1 Å². The van der Waals surface area contributed by atoms with Gasteiger partial charge in [-0.15, -0.1) is 0 Å². The molecule has 0 radical (unpaired) electrons. The molecular formula is C11H12Cl2FNO4S2. The van der Waals surface area contributed by atoms with Crippen molar-refractivity contribution in [1.29, 1.82) is 0 Å². The lowest BCUT2D eigenvalue weighted by Gasteiger charge is -2.15. The number of nitrogens with one attached hydrogen (secondary N) is 1. The summed E-state index contributed by atoms with van der Waals surface area (Å²) < 4.78 is 39.8. The first-order valence-electron chi connectivity index (χ1n) is 5.58. The third-order valence-electron chi connectivity index (χ3n) is 2.50. The van der Waals surface area contributed by atoms with E-state index in [1.165, 1.54) is 11.8 Å². The molecule has 0 aliphatic carbocycles. The summed E-state index contributed by atoms with van der Waals surface area (Å²) in [6.07, 6.45) is 1.85. The minimum absolute atomic E-state index is 0.0867. The number of hydrogen-bond acceptors (Lipinski definition) is 4. The van der Waals surface area contributed by atoms with Gasteiger partial charge in [-0.2, -0.15) is 16.5 Å². The summed E-state index contributed by atoms with van der Waals surface area (Å²) in [6, 6.07) is 0.732. The maximum atomic E-state index is 13.5. The second-order valence-corrected chi connectivity index (χ2v) is 7.42. The summed E-state index contributed by atoms with van der Waals surface area (Å²) >= 11 is 12.5. The highest BCUT2D eigenvalue weighted by molar-refractivity contribution is 7.98. The van der Waals surface area contributed by atoms with Gasteiger partial charge in [0.1, 0.15) is 10.9 Å². The van der Waals surface area contributed by atoms with Gasteiger partial charge in [0, 0.05) is 0 Å². The first-order chi connectivity index (χ1) is 9.70. The quantitative estimate of drug-likeness (QED) is 0.715. The van der Waals surface area contributed by atoms with E-state index >= 15 is 0 Å². The number of carboxylic acids is 1. The van der Waals surface area contributed by atoms with Crippen LogP contribution >= 0.6 is 35.0 Å². The van der Waals surface area contributed by atoms with Gasteiger partial charge in [-0.05, 0) is 30.6 Å². The van der Waals surface area contributed by atoms with Crippen LogP contribution in [0.5, 0.6) is 0 Å². The molecule has 10 heteroatoms. The van der Waals surface area contributed by atoms with Gasteiger partial charge < -0.3 is 5.11 Å². The minimum atomic E-state index is -4.28. The number of sulfonamides is 1. The molecule has 0 bridgehead atoms. The van der Waals surface area contributed by atoms with E-state index < -0.39 is 37.8 Å². The van der Waals surface area contributed by atoms with Crippen LogP contribution in [-0.2, 0) is 14.8 Å². The zero-order chi connectivity index (χ0) is 16.2. The fourth-order valence-electron chi connectivity index (χ4n) is 1.44. The lowest BCUT2D eigenvalue weighted by Crippen LogP contribution is -2.41. The molecule has 0 aliphatic rings.